The zero-order valence-electron chi connectivity index (χ0n) is 20.0. The van der Waals surface area contributed by atoms with Gasteiger partial charge in [0.05, 0.1) is 6.61 Å². The lowest BCUT2D eigenvalue weighted by Crippen LogP contribution is -2.35. The van der Waals surface area contributed by atoms with E-state index in [2.05, 4.69) is 39.4 Å². The number of aromatic nitrogens is 3. The van der Waals surface area contributed by atoms with Crippen LogP contribution in [0.4, 0.5) is 17.6 Å². The van der Waals surface area contributed by atoms with Crippen LogP contribution < -0.4 is 15.5 Å². The van der Waals surface area contributed by atoms with Gasteiger partial charge in [-0.15, -0.1) is 11.6 Å². The van der Waals surface area contributed by atoms with Crippen molar-refractivity contribution in [2.45, 2.75) is 45.8 Å². The molecule has 2 rings (SSSR count). The van der Waals surface area contributed by atoms with Crippen molar-refractivity contribution in [2.75, 3.05) is 54.5 Å². The van der Waals surface area contributed by atoms with Crippen molar-refractivity contribution in [1.29, 1.82) is 0 Å². The van der Waals surface area contributed by atoms with Crippen molar-refractivity contribution in [3.8, 4) is 0 Å². The third kappa shape index (κ3) is 9.18. The molecule has 1 amide bonds. The van der Waals surface area contributed by atoms with Crippen LogP contribution in [0.15, 0.2) is 23.4 Å². The molecule has 0 atom stereocenters. The number of rotatable bonds is 10. The number of carbonyl (C=O) groups is 1. The number of thioether (sulfide) groups is 1. The van der Waals surface area contributed by atoms with E-state index >= 15 is 0 Å². The van der Waals surface area contributed by atoms with Crippen LogP contribution in [0, 0.1) is 13.8 Å². The maximum atomic E-state index is 11.9. The first-order valence-corrected chi connectivity index (χ1v) is 12.2. The number of aryl methyl sites for hydroxylation is 2. The molecule has 1 aromatic carbocycles. The van der Waals surface area contributed by atoms with Crippen molar-refractivity contribution >= 4 is 46.9 Å². The van der Waals surface area contributed by atoms with E-state index in [0.717, 1.165) is 28.5 Å². The molecule has 178 valence electrons. The van der Waals surface area contributed by atoms with E-state index in [-0.39, 0.29) is 11.8 Å². The van der Waals surface area contributed by atoms with Crippen LogP contribution in [0.2, 0.25) is 0 Å². The Labute approximate surface area is 200 Å². The molecule has 0 unspecified atom stereocenters. The van der Waals surface area contributed by atoms with E-state index in [0.29, 0.717) is 31.1 Å². The Morgan fingerprint density at radius 2 is 1.81 bits per heavy atom. The molecule has 8 nitrogen and oxygen atoms in total. The number of hydrogen-bond acceptors (Lipinski definition) is 8. The van der Waals surface area contributed by atoms with Gasteiger partial charge in [0.25, 0.3) is 0 Å². The number of alkyl halides is 1. The van der Waals surface area contributed by atoms with Crippen LogP contribution in [-0.2, 0) is 9.53 Å². The van der Waals surface area contributed by atoms with Gasteiger partial charge in [0.2, 0.25) is 17.8 Å². The van der Waals surface area contributed by atoms with Crippen molar-refractivity contribution in [1.82, 2.24) is 15.0 Å². The third-order valence-corrected chi connectivity index (χ3v) is 4.97. The molecule has 0 spiro atoms. The maximum Gasteiger partial charge on any atom is 0.242 e. The van der Waals surface area contributed by atoms with E-state index in [4.69, 9.17) is 16.3 Å². The summed E-state index contributed by atoms with van der Waals surface area (Å²) >= 11 is 7.16. The second-order valence-electron chi connectivity index (χ2n) is 7.21. The van der Waals surface area contributed by atoms with Crippen LogP contribution in [0.1, 0.15) is 31.9 Å². The topological polar surface area (TPSA) is 92.3 Å². The molecule has 1 aromatic heterocycles. The number of para-hydroxylation sites is 1. The fraction of sp³-hybridized carbons (Fsp3) is 0.545. The van der Waals surface area contributed by atoms with Crippen LogP contribution in [0.25, 0.3) is 0 Å². The number of benzene rings is 1. The fourth-order valence-corrected chi connectivity index (χ4v) is 3.35. The Morgan fingerprint density at radius 1 is 1.19 bits per heavy atom. The van der Waals surface area contributed by atoms with Crippen LogP contribution in [-0.4, -0.2) is 65.8 Å². The zero-order chi connectivity index (χ0) is 24.1. The summed E-state index contributed by atoms with van der Waals surface area (Å²) in [5.41, 5.74) is 3.08. The molecule has 2 aromatic rings. The standard InChI is InChI=1S/C13H18ClNO2.C9H17N5S/c1-10-5-4-6-11(2)13(10)15(7-8-17-3)12(16)9-14;1-5-10-7-12-8(11-6(2)3)14-9(13-7)15-4/h4-6H,7-9H2,1-3H3;6H,5H2,1-4H3,(H2,10,11,12,13,14). The quantitative estimate of drug-likeness (QED) is 0.381. The molecule has 0 saturated heterocycles. The van der Waals surface area contributed by atoms with Crippen molar-refractivity contribution < 1.29 is 9.53 Å². The number of ether oxygens (including phenoxy) is 1. The van der Waals surface area contributed by atoms with Gasteiger partial charge in [0.1, 0.15) is 5.88 Å². The lowest BCUT2D eigenvalue weighted by molar-refractivity contribution is -0.116. The van der Waals surface area contributed by atoms with E-state index < -0.39 is 0 Å². The van der Waals surface area contributed by atoms with Gasteiger partial charge in [-0.05, 0) is 52.0 Å². The number of carbonyl (C=O) groups excluding carboxylic acids is 1. The number of methoxy groups -OCH3 is 1. The van der Waals surface area contributed by atoms with Gasteiger partial charge >= 0.3 is 0 Å². The van der Waals surface area contributed by atoms with Gasteiger partial charge in [0.15, 0.2) is 5.16 Å². The van der Waals surface area contributed by atoms with E-state index in [9.17, 15) is 4.79 Å². The number of anilines is 3. The van der Waals surface area contributed by atoms with Crippen molar-refractivity contribution in [3.05, 3.63) is 29.3 Å². The normalized spacial score (nSPS) is 10.4. The number of amides is 1. The molecular weight excluding hydrogens is 448 g/mol. The molecule has 1 heterocycles. The highest BCUT2D eigenvalue weighted by Gasteiger charge is 2.18. The maximum absolute atomic E-state index is 11.9. The number of nitrogens with zero attached hydrogens (tertiary/aromatic N) is 4. The molecule has 32 heavy (non-hydrogen) atoms. The van der Waals surface area contributed by atoms with Gasteiger partial charge in [-0.2, -0.15) is 15.0 Å². The van der Waals surface area contributed by atoms with E-state index in [1.54, 1.807) is 12.0 Å². The Morgan fingerprint density at radius 3 is 2.31 bits per heavy atom. The van der Waals surface area contributed by atoms with Gasteiger partial charge < -0.3 is 20.3 Å². The largest absolute Gasteiger partial charge is 0.383 e. The first-order chi connectivity index (χ1) is 15.3. The highest BCUT2D eigenvalue weighted by atomic mass is 35.5. The summed E-state index contributed by atoms with van der Waals surface area (Å²) in [4.78, 5) is 26.3. The first-order valence-electron chi connectivity index (χ1n) is 10.5. The van der Waals surface area contributed by atoms with Gasteiger partial charge in [0, 0.05) is 31.9 Å². The van der Waals surface area contributed by atoms with Crippen LogP contribution >= 0.6 is 23.4 Å². The minimum Gasteiger partial charge on any atom is -0.383 e. The molecule has 10 heteroatoms. The second-order valence-corrected chi connectivity index (χ2v) is 8.25. The zero-order valence-corrected chi connectivity index (χ0v) is 21.6. The lowest BCUT2D eigenvalue weighted by Gasteiger charge is -2.25. The lowest BCUT2D eigenvalue weighted by atomic mass is 10.1. The summed E-state index contributed by atoms with van der Waals surface area (Å²) in [5.74, 6) is 1.14. The molecule has 0 aliphatic carbocycles. The molecule has 2 N–H and O–H groups in total. The van der Waals surface area contributed by atoms with Gasteiger partial charge in [-0.25, -0.2) is 0 Å². The predicted octanol–water partition coefficient (Wildman–Crippen LogP) is 4.37. The van der Waals surface area contributed by atoms with E-state index in [1.807, 2.05) is 45.2 Å². The summed E-state index contributed by atoms with van der Waals surface area (Å²) in [6, 6.07) is 6.28. The fourth-order valence-electron chi connectivity index (χ4n) is 2.86. The highest BCUT2D eigenvalue weighted by Crippen LogP contribution is 2.24. The summed E-state index contributed by atoms with van der Waals surface area (Å²) in [6.45, 7) is 11.9. The van der Waals surface area contributed by atoms with Gasteiger partial charge in [-0.1, -0.05) is 30.0 Å². The summed E-state index contributed by atoms with van der Waals surface area (Å²) in [6.07, 6.45) is 1.95. The Bertz CT molecular complexity index is 833. The minimum absolute atomic E-state index is 0.0164. The number of hydrogen-bond donors (Lipinski definition) is 2. The Hall–Kier alpha value is -2.10. The molecule has 0 saturated carbocycles. The molecule has 0 aliphatic rings. The summed E-state index contributed by atoms with van der Waals surface area (Å²) in [5, 5.41) is 6.97. The predicted molar refractivity (Wildman–Crippen MR) is 135 cm³/mol. The monoisotopic (exact) mass is 482 g/mol. The SMILES string of the molecule is CCNc1nc(NC(C)C)nc(SC)n1.COCCN(C(=O)CCl)c1c(C)cccc1C. The average Bonchev–Trinajstić information content (AvgIpc) is 2.75. The number of halogens is 1. The molecule has 0 fully saturated rings. The second kappa shape index (κ2) is 14.9. The summed E-state index contributed by atoms with van der Waals surface area (Å²) in [7, 11) is 1.62. The van der Waals surface area contributed by atoms with Gasteiger partial charge in [-0.3, -0.25) is 4.79 Å². The Kier molecular flexibility index (Phi) is 13.0. The van der Waals surface area contributed by atoms with Crippen molar-refractivity contribution in [3.63, 3.8) is 0 Å². The smallest absolute Gasteiger partial charge is 0.242 e. The highest BCUT2D eigenvalue weighted by molar-refractivity contribution is 7.98. The number of nitrogens with one attached hydrogen (secondary N) is 2. The molecule has 0 bridgehead atoms. The summed E-state index contributed by atoms with van der Waals surface area (Å²) < 4.78 is 5.03. The van der Waals surface area contributed by atoms with Crippen LogP contribution in [0.5, 0.6) is 0 Å². The van der Waals surface area contributed by atoms with Crippen molar-refractivity contribution in [2.24, 2.45) is 0 Å². The van der Waals surface area contributed by atoms with E-state index in [1.165, 1.54) is 11.8 Å². The van der Waals surface area contributed by atoms with Crippen LogP contribution in [0.3, 0.4) is 0 Å². The minimum atomic E-state index is -0.0962. The molecular formula is C22H35ClN6O2S. The first kappa shape index (κ1) is 27.9. The third-order valence-electron chi connectivity index (χ3n) is 4.19. The average molecular weight is 483 g/mol. The Balaban J connectivity index is 0.000000323. The molecule has 0 radical (unpaired) electrons. The molecule has 0 aliphatic heterocycles.